The van der Waals surface area contributed by atoms with Crippen molar-refractivity contribution in [2.24, 2.45) is 0 Å². The Morgan fingerprint density at radius 1 is 1.09 bits per heavy atom. The number of rotatable bonds is 10. The van der Waals surface area contributed by atoms with Crippen LogP contribution in [0.3, 0.4) is 0 Å². The van der Waals surface area contributed by atoms with Gasteiger partial charge >= 0.3 is 0 Å². The zero-order chi connectivity index (χ0) is 23.7. The molecular weight excluding hydrogens is 518 g/mol. The van der Waals surface area contributed by atoms with E-state index in [9.17, 15) is 13.2 Å². The highest BCUT2D eigenvalue weighted by molar-refractivity contribution is 9.10. The first-order valence-electron chi connectivity index (χ1n) is 9.86. The van der Waals surface area contributed by atoms with Crippen molar-refractivity contribution in [3.63, 3.8) is 0 Å². The van der Waals surface area contributed by atoms with Crippen molar-refractivity contribution in [1.82, 2.24) is 9.62 Å². The maximum Gasteiger partial charge on any atom is 0.261 e. The molecule has 2 rings (SSSR count). The van der Waals surface area contributed by atoms with Crippen LogP contribution in [0.1, 0.15) is 24.2 Å². The molecule has 1 amide bonds. The molecule has 0 aromatic heterocycles. The summed E-state index contributed by atoms with van der Waals surface area (Å²) in [5, 5.41) is 5.56. The van der Waals surface area contributed by atoms with Gasteiger partial charge in [0, 0.05) is 30.4 Å². The molecule has 2 N–H and O–H groups in total. The van der Waals surface area contributed by atoms with Gasteiger partial charge in [-0.05, 0) is 54.7 Å². The van der Waals surface area contributed by atoms with Crippen LogP contribution in [0.2, 0.25) is 0 Å². The van der Waals surface area contributed by atoms with Gasteiger partial charge in [-0.15, -0.1) is 0 Å². The summed E-state index contributed by atoms with van der Waals surface area (Å²) < 4.78 is 37.8. The second-order valence-electron chi connectivity index (χ2n) is 6.50. The largest absolute Gasteiger partial charge is 0.490 e. The fraction of sp³-hybridized carbons (Fsp3) is 0.333. The van der Waals surface area contributed by atoms with Crippen LogP contribution in [-0.4, -0.2) is 57.2 Å². The summed E-state index contributed by atoms with van der Waals surface area (Å²) in [4.78, 5) is 12.9. The lowest BCUT2D eigenvalue weighted by Gasteiger charge is -2.18. The third kappa shape index (κ3) is 6.97. The van der Waals surface area contributed by atoms with Gasteiger partial charge in [0.2, 0.25) is 10.0 Å². The maximum atomic E-state index is 12.7. The van der Waals surface area contributed by atoms with Crippen LogP contribution in [0.4, 0.5) is 5.69 Å². The Balaban J connectivity index is 2.07. The average molecular weight is 544 g/mol. The van der Waals surface area contributed by atoms with Gasteiger partial charge in [0.15, 0.2) is 5.11 Å². The quantitative estimate of drug-likeness (QED) is 0.348. The summed E-state index contributed by atoms with van der Waals surface area (Å²) in [6.45, 7) is 5.04. The summed E-state index contributed by atoms with van der Waals surface area (Å²) in [5.41, 5.74) is 0.847. The van der Waals surface area contributed by atoms with Gasteiger partial charge in [-0.3, -0.25) is 10.1 Å². The number of ether oxygens (including phenoxy) is 2. The number of hydrogen-bond acceptors (Lipinski definition) is 6. The van der Waals surface area contributed by atoms with Crippen LogP contribution in [0.15, 0.2) is 51.8 Å². The molecule has 0 unspecified atom stereocenters. The number of carbonyl (C=O) groups is 1. The molecule has 2 aromatic carbocycles. The van der Waals surface area contributed by atoms with E-state index in [1.807, 2.05) is 0 Å². The second-order valence-corrected chi connectivity index (χ2v) is 9.77. The van der Waals surface area contributed by atoms with Crippen LogP contribution >= 0.6 is 28.1 Å². The van der Waals surface area contributed by atoms with Gasteiger partial charge in [-0.25, -0.2) is 8.42 Å². The minimum atomic E-state index is -3.54. The number of hydrogen-bond donors (Lipinski definition) is 2. The molecule has 0 atom stereocenters. The molecule has 32 heavy (non-hydrogen) atoms. The molecule has 0 saturated carbocycles. The number of nitrogens with one attached hydrogen (secondary N) is 2. The number of anilines is 1. The van der Waals surface area contributed by atoms with Crippen molar-refractivity contribution in [2.45, 2.75) is 18.7 Å². The van der Waals surface area contributed by atoms with Crippen LogP contribution in [0, 0.1) is 0 Å². The van der Waals surface area contributed by atoms with Crippen LogP contribution in [0.5, 0.6) is 5.75 Å². The van der Waals surface area contributed by atoms with Gasteiger partial charge in [-0.1, -0.05) is 29.8 Å². The predicted molar refractivity (Wildman–Crippen MR) is 132 cm³/mol. The van der Waals surface area contributed by atoms with E-state index in [2.05, 4.69) is 26.6 Å². The molecule has 174 valence electrons. The van der Waals surface area contributed by atoms with E-state index >= 15 is 0 Å². The van der Waals surface area contributed by atoms with E-state index in [-0.39, 0.29) is 10.0 Å². The number of halogens is 1. The molecule has 0 radical (unpaired) electrons. The van der Waals surface area contributed by atoms with E-state index in [0.717, 1.165) is 0 Å². The van der Waals surface area contributed by atoms with Crippen LogP contribution < -0.4 is 15.4 Å². The molecule has 2 aromatic rings. The van der Waals surface area contributed by atoms with Crippen LogP contribution in [-0.2, 0) is 14.8 Å². The number of sulfonamides is 1. The Labute approximate surface area is 202 Å². The Morgan fingerprint density at radius 2 is 1.75 bits per heavy atom. The predicted octanol–water partition coefficient (Wildman–Crippen LogP) is 3.63. The van der Waals surface area contributed by atoms with Crippen molar-refractivity contribution < 1.29 is 22.7 Å². The third-order valence-electron chi connectivity index (χ3n) is 4.41. The molecule has 0 saturated heterocycles. The average Bonchev–Trinajstić information content (AvgIpc) is 2.75. The summed E-state index contributed by atoms with van der Waals surface area (Å²) in [6, 6.07) is 11.3. The molecule has 0 aliphatic carbocycles. The first-order valence-corrected chi connectivity index (χ1v) is 12.5. The van der Waals surface area contributed by atoms with Gasteiger partial charge in [0.05, 0.1) is 17.1 Å². The lowest BCUT2D eigenvalue weighted by atomic mass is 10.2. The first-order chi connectivity index (χ1) is 15.2. The van der Waals surface area contributed by atoms with E-state index < -0.39 is 15.9 Å². The maximum absolute atomic E-state index is 12.7. The van der Waals surface area contributed by atoms with E-state index in [4.69, 9.17) is 21.7 Å². The SMILES string of the molecule is CCN(CC)S(=O)(=O)c1ccc(NC(=S)NC(=O)c2cc(Br)ccc2OCCOC)cc1. The van der Waals surface area contributed by atoms with Crippen LogP contribution in [0.25, 0.3) is 0 Å². The van der Waals surface area contributed by atoms with E-state index in [0.29, 0.717) is 47.8 Å². The van der Waals surface area contributed by atoms with Crippen molar-refractivity contribution in [3.05, 3.63) is 52.5 Å². The lowest BCUT2D eigenvalue weighted by Crippen LogP contribution is -2.34. The minimum Gasteiger partial charge on any atom is -0.490 e. The zero-order valence-corrected chi connectivity index (χ0v) is 21.3. The number of benzene rings is 2. The summed E-state index contributed by atoms with van der Waals surface area (Å²) in [7, 11) is -1.98. The van der Waals surface area contributed by atoms with E-state index in [1.165, 1.54) is 16.4 Å². The number of carbonyl (C=O) groups excluding carboxylic acids is 1. The molecule has 11 heteroatoms. The standard InChI is InChI=1S/C21H26BrN3O5S2/c1-4-25(5-2)32(27,28)17-9-7-16(8-10-17)23-21(31)24-20(26)18-14-15(22)6-11-19(18)30-13-12-29-3/h6-11,14H,4-5,12-13H2,1-3H3,(H2,23,24,26,31). The van der Waals surface area contributed by atoms with Gasteiger partial charge in [-0.2, -0.15) is 4.31 Å². The number of thiocarbonyl (C=S) groups is 1. The van der Waals surface area contributed by atoms with Gasteiger partial charge in [0.25, 0.3) is 5.91 Å². The van der Waals surface area contributed by atoms with Gasteiger partial charge < -0.3 is 14.8 Å². The fourth-order valence-corrected chi connectivity index (χ4v) is 4.83. The van der Waals surface area contributed by atoms with Crippen molar-refractivity contribution >= 4 is 54.9 Å². The number of methoxy groups -OCH3 is 1. The zero-order valence-electron chi connectivity index (χ0n) is 18.1. The highest BCUT2D eigenvalue weighted by Gasteiger charge is 2.21. The summed E-state index contributed by atoms with van der Waals surface area (Å²) >= 11 is 8.59. The smallest absolute Gasteiger partial charge is 0.261 e. The normalized spacial score (nSPS) is 11.3. The number of nitrogens with zero attached hydrogens (tertiary/aromatic N) is 1. The molecule has 0 bridgehead atoms. The summed E-state index contributed by atoms with van der Waals surface area (Å²) in [5.74, 6) is -0.0477. The monoisotopic (exact) mass is 543 g/mol. The highest BCUT2D eigenvalue weighted by Crippen LogP contribution is 2.23. The fourth-order valence-electron chi connectivity index (χ4n) is 2.80. The molecule has 0 spiro atoms. The Bertz CT molecular complexity index is 1040. The van der Waals surface area contributed by atoms with Crippen molar-refractivity contribution in [2.75, 3.05) is 38.7 Å². The van der Waals surface area contributed by atoms with Crippen molar-refractivity contribution in [3.8, 4) is 5.75 Å². The molecule has 0 fully saturated rings. The third-order valence-corrected chi connectivity index (χ3v) is 7.18. The Morgan fingerprint density at radius 3 is 2.34 bits per heavy atom. The van der Waals surface area contributed by atoms with Gasteiger partial charge in [0.1, 0.15) is 12.4 Å². The molecule has 8 nitrogen and oxygen atoms in total. The molecule has 0 heterocycles. The van der Waals surface area contributed by atoms with E-state index in [1.54, 1.807) is 51.3 Å². The number of amides is 1. The molecular formula is C21H26BrN3O5S2. The highest BCUT2D eigenvalue weighted by atomic mass is 79.9. The second kappa shape index (κ2) is 12.3. The molecule has 0 aliphatic heterocycles. The van der Waals surface area contributed by atoms with Crippen molar-refractivity contribution in [1.29, 1.82) is 0 Å². The molecule has 0 aliphatic rings. The summed E-state index contributed by atoms with van der Waals surface area (Å²) in [6.07, 6.45) is 0. The first kappa shape index (κ1) is 26.2. The topological polar surface area (TPSA) is 97.0 Å². The lowest BCUT2D eigenvalue weighted by molar-refractivity contribution is 0.0969. The Kier molecular flexibility index (Phi) is 10.0. The minimum absolute atomic E-state index is 0.0668. The Hall–Kier alpha value is -2.05.